The first-order valence-corrected chi connectivity index (χ1v) is 6.34. The molecule has 94 valence electrons. The Morgan fingerprint density at radius 2 is 2.47 bits per heavy atom. The molecule has 0 amide bonds. The van der Waals surface area contributed by atoms with E-state index in [1.165, 1.54) is 6.42 Å². The van der Waals surface area contributed by atoms with Crippen molar-refractivity contribution in [3.63, 3.8) is 0 Å². The highest BCUT2D eigenvalue weighted by atomic mass is 16.1. The van der Waals surface area contributed by atoms with Gasteiger partial charge in [0.05, 0.1) is 0 Å². The molecule has 2 heterocycles. The van der Waals surface area contributed by atoms with Gasteiger partial charge in [-0.15, -0.1) is 0 Å². The van der Waals surface area contributed by atoms with Gasteiger partial charge in [0, 0.05) is 31.5 Å². The van der Waals surface area contributed by atoms with Crippen LogP contribution in [0.3, 0.4) is 0 Å². The van der Waals surface area contributed by atoms with Crippen LogP contribution >= 0.6 is 0 Å². The van der Waals surface area contributed by atoms with Crippen LogP contribution in [0.25, 0.3) is 0 Å². The standard InChI is InChI=1S/C12H20N4O/c1-2-13-9-10-5-3-4-8-16(10)11-12(17)15-7-6-14-11/h6-7,10,13H,2-5,8-9H2,1H3,(H,15,17). The highest BCUT2D eigenvalue weighted by Gasteiger charge is 2.24. The van der Waals surface area contributed by atoms with Crippen LogP contribution in [0.1, 0.15) is 26.2 Å². The summed E-state index contributed by atoms with van der Waals surface area (Å²) in [5.41, 5.74) is -0.0871. The lowest BCUT2D eigenvalue weighted by molar-refractivity contribution is 0.435. The van der Waals surface area contributed by atoms with Gasteiger partial charge in [0.25, 0.3) is 5.56 Å². The first kappa shape index (κ1) is 12.1. The summed E-state index contributed by atoms with van der Waals surface area (Å²) in [7, 11) is 0. The lowest BCUT2D eigenvalue weighted by Gasteiger charge is -2.36. The number of hydrogen-bond donors (Lipinski definition) is 2. The lowest BCUT2D eigenvalue weighted by Crippen LogP contribution is -2.47. The minimum absolute atomic E-state index is 0.0871. The van der Waals surface area contributed by atoms with E-state index in [2.05, 4.69) is 27.1 Å². The zero-order valence-corrected chi connectivity index (χ0v) is 10.3. The molecule has 0 aliphatic carbocycles. The second-order valence-electron chi connectivity index (χ2n) is 4.39. The molecule has 5 heteroatoms. The van der Waals surface area contributed by atoms with Crippen molar-refractivity contribution in [1.29, 1.82) is 0 Å². The normalized spacial score (nSPS) is 20.5. The summed E-state index contributed by atoms with van der Waals surface area (Å²) < 4.78 is 0. The number of likely N-dealkylation sites (N-methyl/N-ethyl adjacent to an activating group) is 1. The van der Waals surface area contributed by atoms with E-state index >= 15 is 0 Å². The van der Waals surface area contributed by atoms with E-state index in [-0.39, 0.29) is 5.56 Å². The van der Waals surface area contributed by atoms with Gasteiger partial charge in [0.1, 0.15) is 0 Å². The molecule has 17 heavy (non-hydrogen) atoms. The van der Waals surface area contributed by atoms with E-state index in [0.29, 0.717) is 11.9 Å². The smallest absolute Gasteiger partial charge is 0.290 e. The maximum Gasteiger partial charge on any atom is 0.290 e. The molecular weight excluding hydrogens is 216 g/mol. The Kier molecular flexibility index (Phi) is 4.14. The quantitative estimate of drug-likeness (QED) is 0.809. The first-order valence-electron chi connectivity index (χ1n) is 6.34. The van der Waals surface area contributed by atoms with E-state index in [0.717, 1.165) is 32.5 Å². The number of aromatic amines is 1. The van der Waals surface area contributed by atoms with Crippen molar-refractivity contribution in [2.75, 3.05) is 24.5 Å². The molecule has 1 aliphatic heterocycles. The SMILES string of the molecule is CCNCC1CCCCN1c1ncc[nH]c1=O. The highest BCUT2D eigenvalue weighted by molar-refractivity contribution is 5.37. The number of aromatic nitrogens is 2. The summed E-state index contributed by atoms with van der Waals surface area (Å²) in [6.07, 6.45) is 6.73. The predicted molar refractivity (Wildman–Crippen MR) is 68.4 cm³/mol. The summed E-state index contributed by atoms with van der Waals surface area (Å²) in [6, 6.07) is 0.389. The van der Waals surface area contributed by atoms with Crippen molar-refractivity contribution in [3.05, 3.63) is 22.7 Å². The van der Waals surface area contributed by atoms with Crippen molar-refractivity contribution in [2.45, 2.75) is 32.2 Å². The second kappa shape index (κ2) is 5.82. The monoisotopic (exact) mass is 236 g/mol. The molecule has 1 aliphatic rings. The van der Waals surface area contributed by atoms with Crippen molar-refractivity contribution in [2.24, 2.45) is 0 Å². The van der Waals surface area contributed by atoms with Gasteiger partial charge >= 0.3 is 0 Å². The van der Waals surface area contributed by atoms with Crippen molar-refractivity contribution >= 4 is 5.82 Å². The van der Waals surface area contributed by atoms with Gasteiger partial charge in [-0.25, -0.2) is 4.98 Å². The largest absolute Gasteiger partial charge is 0.348 e. The fourth-order valence-corrected chi connectivity index (χ4v) is 2.35. The van der Waals surface area contributed by atoms with Crippen molar-refractivity contribution in [3.8, 4) is 0 Å². The predicted octanol–water partition coefficient (Wildman–Crippen LogP) is 0.738. The van der Waals surface area contributed by atoms with Crippen LogP contribution in [-0.2, 0) is 0 Å². The third kappa shape index (κ3) is 2.85. The number of hydrogen-bond acceptors (Lipinski definition) is 4. The summed E-state index contributed by atoms with van der Waals surface area (Å²) in [4.78, 5) is 20.8. The maximum atomic E-state index is 11.8. The first-order chi connectivity index (χ1) is 8.33. The Labute approximate surface area is 101 Å². The number of nitrogens with one attached hydrogen (secondary N) is 2. The molecule has 5 nitrogen and oxygen atoms in total. The van der Waals surface area contributed by atoms with E-state index in [1.807, 2.05) is 0 Å². The van der Waals surface area contributed by atoms with Crippen LogP contribution in [-0.4, -0.2) is 35.6 Å². The van der Waals surface area contributed by atoms with Gasteiger partial charge in [-0.1, -0.05) is 6.92 Å². The van der Waals surface area contributed by atoms with Crippen molar-refractivity contribution < 1.29 is 0 Å². The number of anilines is 1. The Bertz CT molecular complexity index is 403. The van der Waals surface area contributed by atoms with Gasteiger partial charge in [-0.3, -0.25) is 4.79 Å². The molecule has 0 radical (unpaired) electrons. The van der Waals surface area contributed by atoms with E-state index in [4.69, 9.17) is 0 Å². The van der Waals surface area contributed by atoms with E-state index < -0.39 is 0 Å². The average molecular weight is 236 g/mol. The van der Waals surface area contributed by atoms with Gasteiger partial charge < -0.3 is 15.2 Å². The molecule has 2 rings (SSSR count). The minimum Gasteiger partial charge on any atom is -0.348 e. The maximum absolute atomic E-state index is 11.8. The highest BCUT2D eigenvalue weighted by Crippen LogP contribution is 2.19. The number of nitrogens with zero attached hydrogens (tertiary/aromatic N) is 2. The van der Waals surface area contributed by atoms with Gasteiger partial charge in [0.15, 0.2) is 5.82 Å². The number of H-pyrrole nitrogens is 1. The third-order valence-corrected chi connectivity index (χ3v) is 3.22. The topological polar surface area (TPSA) is 61.0 Å². The van der Waals surface area contributed by atoms with Gasteiger partial charge in [-0.05, 0) is 25.8 Å². The van der Waals surface area contributed by atoms with E-state index in [1.54, 1.807) is 12.4 Å². The summed E-state index contributed by atoms with van der Waals surface area (Å²) >= 11 is 0. The minimum atomic E-state index is -0.0871. The molecule has 2 N–H and O–H groups in total. The third-order valence-electron chi connectivity index (χ3n) is 3.22. The fourth-order valence-electron chi connectivity index (χ4n) is 2.35. The molecule has 0 bridgehead atoms. The Hall–Kier alpha value is -1.36. The Morgan fingerprint density at radius 1 is 1.59 bits per heavy atom. The van der Waals surface area contributed by atoms with Gasteiger partial charge in [-0.2, -0.15) is 0 Å². The molecule has 0 spiro atoms. The molecule has 1 aromatic heterocycles. The molecular formula is C12H20N4O. The van der Waals surface area contributed by atoms with E-state index in [9.17, 15) is 4.79 Å². The molecule has 1 atom stereocenters. The Balaban J connectivity index is 2.16. The van der Waals surface area contributed by atoms with Crippen LogP contribution in [0.5, 0.6) is 0 Å². The molecule has 1 aromatic rings. The second-order valence-corrected chi connectivity index (χ2v) is 4.39. The zero-order chi connectivity index (χ0) is 12.1. The van der Waals surface area contributed by atoms with Crippen LogP contribution in [0.2, 0.25) is 0 Å². The average Bonchev–Trinajstić information content (AvgIpc) is 2.37. The molecule has 0 saturated carbocycles. The fraction of sp³-hybridized carbons (Fsp3) is 0.667. The summed E-state index contributed by atoms with van der Waals surface area (Å²) in [5, 5.41) is 3.36. The number of rotatable bonds is 4. The van der Waals surface area contributed by atoms with Crippen LogP contribution in [0.4, 0.5) is 5.82 Å². The van der Waals surface area contributed by atoms with Crippen molar-refractivity contribution in [1.82, 2.24) is 15.3 Å². The van der Waals surface area contributed by atoms with Crippen LogP contribution < -0.4 is 15.8 Å². The van der Waals surface area contributed by atoms with Crippen LogP contribution in [0, 0.1) is 0 Å². The van der Waals surface area contributed by atoms with Crippen LogP contribution in [0.15, 0.2) is 17.2 Å². The summed E-state index contributed by atoms with van der Waals surface area (Å²) in [5.74, 6) is 0.565. The van der Waals surface area contributed by atoms with Gasteiger partial charge in [0.2, 0.25) is 0 Å². The Morgan fingerprint density at radius 3 is 3.24 bits per heavy atom. The lowest BCUT2D eigenvalue weighted by atomic mass is 10.0. The zero-order valence-electron chi connectivity index (χ0n) is 10.3. The molecule has 1 fully saturated rings. The summed E-state index contributed by atoms with van der Waals surface area (Å²) in [6.45, 7) is 4.91. The molecule has 1 saturated heterocycles. The molecule has 0 aromatic carbocycles. The molecule has 1 unspecified atom stereocenters. The number of piperidine rings is 1.